The number of nitrogens with zero attached hydrogens (tertiary/aromatic N) is 1. The van der Waals surface area contributed by atoms with Crippen molar-refractivity contribution in [3.05, 3.63) is 51.6 Å². The summed E-state index contributed by atoms with van der Waals surface area (Å²) < 4.78 is 5.46. The normalized spacial score (nSPS) is 10.3. The van der Waals surface area contributed by atoms with Crippen molar-refractivity contribution in [1.82, 2.24) is 9.97 Å². The smallest absolute Gasteiger partial charge is 0.339 e. The van der Waals surface area contributed by atoms with Gasteiger partial charge in [0.15, 0.2) is 0 Å². The predicted octanol–water partition coefficient (Wildman–Crippen LogP) is 2.13. The van der Waals surface area contributed by atoms with Gasteiger partial charge in [-0.15, -0.1) is 0 Å². The lowest BCUT2D eigenvalue weighted by Crippen LogP contribution is -2.11. The molecule has 2 rings (SSSR count). The summed E-state index contributed by atoms with van der Waals surface area (Å²) in [7, 11) is 0. The molecule has 1 aromatic carbocycles. The minimum atomic E-state index is -1.10. The number of H-pyrrole nitrogens is 1. The molecular formula is C14H14N2O4. The molecule has 0 aliphatic carbocycles. The summed E-state index contributed by atoms with van der Waals surface area (Å²) >= 11 is 0. The average molecular weight is 274 g/mol. The van der Waals surface area contributed by atoms with Crippen LogP contribution in [0.25, 0.3) is 0 Å². The molecule has 6 heteroatoms. The van der Waals surface area contributed by atoms with Gasteiger partial charge in [0.2, 0.25) is 5.88 Å². The van der Waals surface area contributed by atoms with E-state index in [4.69, 9.17) is 9.84 Å². The number of nitrogens with one attached hydrogen (secondary N) is 1. The third-order valence-corrected chi connectivity index (χ3v) is 2.68. The van der Waals surface area contributed by atoms with Gasteiger partial charge in [-0.25, -0.2) is 4.79 Å². The third kappa shape index (κ3) is 3.03. The van der Waals surface area contributed by atoms with Crippen molar-refractivity contribution < 1.29 is 14.6 Å². The number of hydrogen-bond acceptors (Lipinski definition) is 4. The average Bonchev–Trinajstić information content (AvgIpc) is 2.37. The molecule has 1 heterocycles. The number of carboxylic acids is 1. The van der Waals surface area contributed by atoms with Crippen LogP contribution >= 0.6 is 0 Å². The number of aryl methyl sites for hydroxylation is 2. The SMILES string of the molecule is CCc1nc(Oc2cc(C)ccc2C(=O)O)cc(=O)[nH]1. The molecule has 6 nitrogen and oxygen atoms in total. The zero-order valence-electron chi connectivity index (χ0n) is 11.1. The van der Waals surface area contributed by atoms with Crippen LogP contribution in [0, 0.1) is 6.92 Å². The van der Waals surface area contributed by atoms with Crippen molar-refractivity contribution in [3.8, 4) is 11.6 Å². The van der Waals surface area contributed by atoms with E-state index in [1.165, 1.54) is 12.1 Å². The topological polar surface area (TPSA) is 92.3 Å². The highest BCUT2D eigenvalue weighted by Crippen LogP contribution is 2.25. The van der Waals surface area contributed by atoms with Crippen molar-refractivity contribution in [1.29, 1.82) is 0 Å². The Bertz CT molecular complexity index is 707. The van der Waals surface area contributed by atoms with E-state index in [1.807, 2.05) is 13.8 Å². The second-order valence-electron chi connectivity index (χ2n) is 4.29. The largest absolute Gasteiger partial charge is 0.478 e. The standard InChI is InChI=1S/C14H14N2O4/c1-3-11-15-12(17)7-13(16-11)20-10-6-8(2)4-5-9(10)14(18)19/h4-7H,3H2,1-2H3,(H,18,19)(H,15,16,17). The lowest BCUT2D eigenvalue weighted by molar-refractivity contribution is 0.0694. The molecule has 0 aliphatic heterocycles. The number of aromatic amines is 1. The number of aromatic carboxylic acids is 1. The Morgan fingerprint density at radius 3 is 2.80 bits per heavy atom. The van der Waals surface area contributed by atoms with E-state index in [0.29, 0.717) is 12.2 Å². The molecule has 1 aromatic heterocycles. The van der Waals surface area contributed by atoms with Crippen LogP contribution in [-0.2, 0) is 6.42 Å². The summed E-state index contributed by atoms with van der Waals surface area (Å²) in [4.78, 5) is 29.3. The van der Waals surface area contributed by atoms with Gasteiger partial charge in [0.05, 0.1) is 6.07 Å². The number of carbonyl (C=O) groups is 1. The van der Waals surface area contributed by atoms with Crippen molar-refractivity contribution in [3.63, 3.8) is 0 Å². The molecule has 0 radical (unpaired) electrons. The maximum Gasteiger partial charge on any atom is 0.339 e. The highest BCUT2D eigenvalue weighted by atomic mass is 16.5. The van der Waals surface area contributed by atoms with Crippen LogP contribution in [-0.4, -0.2) is 21.0 Å². The molecule has 0 saturated carbocycles. The first-order valence-electron chi connectivity index (χ1n) is 6.11. The van der Waals surface area contributed by atoms with E-state index in [2.05, 4.69) is 9.97 Å². The second-order valence-corrected chi connectivity index (χ2v) is 4.29. The second kappa shape index (κ2) is 5.56. The first-order chi connectivity index (χ1) is 9.49. The molecule has 0 aliphatic rings. The first-order valence-corrected chi connectivity index (χ1v) is 6.11. The van der Waals surface area contributed by atoms with Gasteiger partial charge in [0, 0.05) is 6.42 Å². The number of rotatable bonds is 4. The Balaban J connectivity index is 2.44. The molecule has 0 spiro atoms. The van der Waals surface area contributed by atoms with Gasteiger partial charge in [-0.2, -0.15) is 4.98 Å². The number of ether oxygens (including phenoxy) is 1. The Hall–Kier alpha value is -2.63. The quantitative estimate of drug-likeness (QED) is 0.891. The van der Waals surface area contributed by atoms with E-state index in [9.17, 15) is 9.59 Å². The van der Waals surface area contributed by atoms with Gasteiger partial charge in [-0.1, -0.05) is 13.0 Å². The number of hydrogen-bond donors (Lipinski definition) is 2. The lowest BCUT2D eigenvalue weighted by atomic mass is 10.1. The van der Waals surface area contributed by atoms with Gasteiger partial charge in [-0.05, 0) is 24.6 Å². The Labute approximate surface area is 115 Å². The van der Waals surface area contributed by atoms with Gasteiger partial charge in [-0.3, -0.25) is 4.79 Å². The Morgan fingerprint density at radius 1 is 1.40 bits per heavy atom. The zero-order chi connectivity index (χ0) is 14.7. The molecule has 0 amide bonds. The van der Waals surface area contributed by atoms with Gasteiger partial charge >= 0.3 is 5.97 Å². The van der Waals surface area contributed by atoms with E-state index in [1.54, 1.807) is 12.1 Å². The Morgan fingerprint density at radius 2 is 2.15 bits per heavy atom. The first kappa shape index (κ1) is 13.8. The van der Waals surface area contributed by atoms with Crippen LogP contribution in [0.3, 0.4) is 0 Å². The molecule has 104 valence electrons. The highest BCUT2D eigenvalue weighted by Gasteiger charge is 2.13. The number of carboxylic acid groups (broad SMARTS) is 1. The summed E-state index contributed by atoms with van der Waals surface area (Å²) in [5.74, 6) is -0.367. The Kier molecular flexibility index (Phi) is 3.84. The van der Waals surface area contributed by atoms with E-state index in [-0.39, 0.29) is 22.8 Å². The third-order valence-electron chi connectivity index (χ3n) is 2.68. The molecule has 20 heavy (non-hydrogen) atoms. The summed E-state index contributed by atoms with van der Waals surface area (Å²) in [6.45, 7) is 3.67. The molecule has 0 unspecified atom stereocenters. The number of aromatic nitrogens is 2. The van der Waals surface area contributed by atoms with E-state index >= 15 is 0 Å². The number of benzene rings is 1. The van der Waals surface area contributed by atoms with Gasteiger partial charge < -0.3 is 14.8 Å². The van der Waals surface area contributed by atoms with Crippen LogP contribution in [0.4, 0.5) is 0 Å². The summed E-state index contributed by atoms with van der Waals surface area (Å²) in [5.41, 5.74) is 0.540. The van der Waals surface area contributed by atoms with Crippen molar-refractivity contribution >= 4 is 5.97 Å². The fourth-order valence-corrected chi connectivity index (χ4v) is 1.71. The van der Waals surface area contributed by atoms with Crippen LogP contribution in [0.5, 0.6) is 11.6 Å². The van der Waals surface area contributed by atoms with E-state index in [0.717, 1.165) is 5.56 Å². The maximum absolute atomic E-state index is 11.5. The molecule has 2 N–H and O–H groups in total. The molecule has 2 aromatic rings. The highest BCUT2D eigenvalue weighted by molar-refractivity contribution is 5.91. The van der Waals surface area contributed by atoms with Crippen molar-refractivity contribution in [2.75, 3.05) is 0 Å². The molecule has 0 atom stereocenters. The lowest BCUT2D eigenvalue weighted by Gasteiger charge is -2.09. The summed E-state index contributed by atoms with van der Waals surface area (Å²) in [5, 5.41) is 9.12. The summed E-state index contributed by atoms with van der Waals surface area (Å²) in [6.07, 6.45) is 0.548. The van der Waals surface area contributed by atoms with Gasteiger partial charge in [0.25, 0.3) is 5.56 Å². The van der Waals surface area contributed by atoms with Gasteiger partial charge in [0.1, 0.15) is 17.1 Å². The monoisotopic (exact) mass is 274 g/mol. The van der Waals surface area contributed by atoms with Crippen LogP contribution < -0.4 is 10.3 Å². The maximum atomic E-state index is 11.5. The molecule has 0 bridgehead atoms. The van der Waals surface area contributed by atoms with Crippen LogP contribution in [0.2, 0.25) is 0 Å². The van der Waals surface area contributed by atoms with Crippen LogP contribution in [0.15, 0.2) is 29.1 Å². The van der Waals surface area contributed by atoms with Crippen molar-refractivity contribution in [2.45, 2.75) is 20.3 Å². The van der Waals surface area contributed by atoms with Crippen LogP contribution in [0.1, 0.15) is 28.7 Å². The fraction of sp³-hybridized carbons (Fsp3) is 0.214. The summed E-state index contributed by atoms with van der Waals surface area (Å²) in [6, 6.07) is 5.92. The molecule has 0 fully saturated rings. The zero-order valence-corrected chi connectivity index (χ0v) is 11.1. The molecular weight excluding hydrogens is 260 g/mol. The minimum Gasteiger partial charge on any atom is -0.478 e. The fourth-order valence-electron chi connectivity index (χ4n) is 1.71. The minimum absolute atomic E-state index is 0.0238. The molecule has 0 saturated heterocycles. The van der Waals surface area contributed by atoms with E-state index < -0.39 is 5.97 Å². The predicted molar refractivity (Wildman–Crippen MR) is 72.4 cm³/mol. The van der Waals surface area contributed by atoms with Crippen molar-refractivity contribution in [2.24, 2.45) is 0 Å².